The van der Waals surface area contributed by atoms with Crippen molar-refractivity contribution in [2.75, 3.05) is 0 Å². The van der Waals surface area contributed by atoms with Gasteiger partial charge >= 0.3 is 6.18 Å². The smallest absolute Gasteiger partial charge is 0.257 e. The van der Waals surface area contributed by atoms with Gasteiger partial charge in [-0.25, -0.2) is 0 Å². The average Bonchev–Trinajstić information content (AvgIpc) is 2.37. The molecule has 1 aromatic carbocycles. The zero-order valence-electron chi connectivity index (χ0n) is 9.35. The second kappa shape index (κ2) is 5.04. The third kappa shape index (κ3) is 2.97. The lowest BCUT2D eigenvalue weighted by Crippen LogP contribution is -2.06. The van der Waals surface area contributed by atoms with Crippen LogP contribution in [0.1, 0.15) is 16.8 Å². The molecule has 0 spiro atoms. The fourth-order valence-corrected chi connectivity index (χ4v) is 1.55. The molecule has 0 unspecified atom stereocenters. The van der Waals surface area contributed by atoms with Crippen molar-refractivity contribution in [3.8, 4) is 0 Å². The molecule has 1 nitrogen and oxygen atoms in total. The first-order valence-corrected chi connectivity index (χ1v) is 5.33. The molecule has 2 aromatic rings. The van der Waals surface area contributed by atoms with Crippen LogP contribution in [0.25, 0.3) is 12.2 Å². The fraction of sp³-hybridized carbons (Fsp3) is 0.0714. The number of nitrogens with zero attached hydrogens (tertiary/aromatic N) is 1. The van der Waals surface area contributed by atoms with E-state index in [1.54, 1.807) is 36.5 Å². The van der Waals surface area contributed by atoms with Crippen LogP contribution in [0.4, 0.5) is 13.2 Å². The van der Waals surface area contributed by atoms with E-state index in [2.05, 4.69) is 4.98 Å². The third-order valence-corrected chi connectivity index (χ3v) is 2.39. The van der Waals surface area contributed by atoms with Crippen molar-refractivity contribution in [3.63, 3.8) is 0 Å². The summed E-state index contributed by atoms with van der Waals surface area (Å²) in [4.78, 5) is 4.02. The van der Waals surface area contributed by atoms with Crippen molar-refractivity contribution in [2.45, 2.75) is 6.18 Å². The highest BCUT2D eigenvalue weighted by Gasteiger charge is 2.32. The van der Waals surface area contributed by atoms with E-state index in [1.807, 2.05) is 0 Å². The summed E-state index contributed by atoms with van der Waals surface area (Å²) in [5.41, 5.74) is 0.113. The van der Waals surface area contributed by atoms with Gasteiger partial charge in [-0.05, 0) is 29.8 Å². The summed E-state index contributed by atoms with van der Waals surface area (Å²) in [5.74, 6) is 0. The quantitative estimate of drug-likeness (QED) is 0.774. The number of aromatic nitrogens is 1. The highest BCUT2D eigenvalue weighted by Crippen LogP contribution is 2.32. The Bertz CT molecular complexity index is 544. The van der Waals surface area contributed by atoms with E-state index in [-0.39, 0.29) is 5.56 Å². The summed E-state index contributed by atoms with van der Waals surface area (Å²) in [5, 5.41) is 0. The molecular formula is C14H10F3N. The fourth-order valence-electron chi connectivity index (χ4n) is 1.55. The zero-order valence-corrected chi connectivity index (χ0v) is 9.35. The van der Waals surface area contributed by atoms with E-state index in [0.29, 0.717) is 5.69 Å². The van der Waals surface area contributed by atoms with Crippen molar-refractivity contribution in [2.24, 2.45) is 0 Å². The molecule has 0 bridgehead atoms. The van der Waals surface area contributed by atoms with E-state index in [4.69, 9.17) is 0 Å². The van der Waals surface area contributed by atoms with E-state index in [0.717, 1.165) is 6.07 Å². The lowest BCUT2D eigenvalue weighted by molar-refractivity contribution is -0.137. The van der Waals surface area contributed by atoms with Crippen LogP contribution in [-0.2, 0) is 6.18 Å². The second-order valence-corrected chi connectivity index (χ2v) is 3.67. The highest BCUT2D eigenvalue weighted by atomic mass is 19.4. The molecule has 18 heavy (non-hydrogen) atoms. The number of hydrogen-bond donors (Lipinski definition) is 0. The van der Waals surface area contributed by atoms with Crippen LogP contribution in [0.5, 0.6) is 0 Å². The van der Waals surface area contributed by atoms with Crippen molar-refractivity contribution in [1.82, 2.24) is 4.98 Å². The summed E-state index contributed by atoms with van der Waals surface area (Å²) >= 11 is 0. The van der Waals surface area contributed by atoms with Crippen LogP contribution in [0.2, 0.25) is 0 Å². The lowest BCUT2D eigenvalue weighted by atomic mass is 10.1. The van der Waals surface area contributed by atoms with E-state index < -0.39 is 11.7 Å². The van der Waals surface area contributed by atoms with Crippen LogP contribution >= 0.6 is 0 Å². The molecule has 1 aromatic heterocycles. The Morgan fingerprint density at radius 2 is 1.61 bits per heavy atom. The lowest BCUT2D eigenvalue weighted by Gasteiger charge is -2.09. The SMILES string of the molecule is FC(F)(F)c1ccccc1/C=C/c1ccccn1. The molecule has 92 valence electrons. The van der Waals surface area contributed by atoms with Crippen LogP contribution in [-0.4, -0.2) is 4.98 Å². The van der Waals surface area contributed by atoms with Gasteiger partial charge in [0.05, 0.1) is 11.3 Å². The number of halogens is 3. The van der Waals surface area contributed by atoms with Gasteiger partial charge in [0.2, 0.25) is 0 Å². The van der Waals surface area contributed by atoms with E-state index in [9.17, 15) is 13.2 Å². The summed E-state index contributed by atoms with van der Waals surface area (Å²) in [6.45, 7) is 0. The van der Waals surface area contributed by atoms with Gasteiger partial charge < -0.3 is 0 Å². The molecule has 4 heteroatoms. The zero-order chi connectivity index (χ0) is 13.0. The highest BCUT2D eigenvalue weighted by molar-refractivity contribution is 5.69. The minimum atomic E-state index is -4.34. The Balaban J connectivity index is 2.33. The van der Waals surface area contributed by atoms with Crippen LogP contribution in [0.3, 0.4) is 0 Å². The molecule has 0 radical (unpaired) electrons. The Morgan fingerprint density at radius 3 is 2.28 bits per heavy atom. The van der Waals surface area contributed by atoms with Crippen LogP contribution < -0.4 is 0 Å². The average molecular weight is 249 g/mol. The molecule has 0 fully saturated rings. The monoisotopic (exact) mass is 249 g/mol. The molecule has 0 N–H and O–H groups in total. The molecule has 0 aliphatic heterocycles. The Kier molecular flexibility index (Phi) is 3.46. The summed E-state index contributed by atoms with van der Waals surface area (Å²) in [6, 6.07) is 10.7. The Morgan fingerprint density at radius 1 is 0.889 bits per heavy atom. The number of pyridine rings is 1. The standard InChI is InChI=1S/C14H10F3N/c15-14(16,17)13-7-2-1-5-11(13)8-9-12-6-3-4-10-18-12/h1-10H/b9-8+. The van der Waals surface area contributed by atoms with Gasteiger partial charge in [0, 0.05) is 6.20 Å². The molecular weight excluding hydrogens is 239 g/mol. The summed E-state index contributed by atoms with van der Waals surface area (Å²) < 4.78 is 38.2. The largest absolute Gasteiger partial charge is 0.416 e. The maximum Gasteiger partial charge on any atom is 0.416 e. The molecule has 1 heterocycles. The topological polar surface area (TPSA) is 12.9 Å². The predicted molar refractivity (Wildman–Crippen MR) is 64.6 cm³/mol. The number of hydrogen-bond acceptors (Lipinski definition) is 1. The van der Waals surface area contributed by atoms with Gasteiger partial charge in [-0.2, -0.15) is 13.2 Å². The second-order valence-electron chi connectivity index (χ2n) is 3.67. The van der Waals surface area contributed by atoms with Crippen molar-refractivity contribution in [1.29, 1.82) is 0 Å². The van der Waals surface area contributed by atoms with Crippen LogP contribution in [0.15, 0.2) is 48.7 Å². The number of rotatable bonds is 2. The minimum Gasteiger partial charge on any atom is -0.257 e. The van der Waals surface area contributed by atoms with Gasteiger partial charge in [0.15, 0.2) is 0 Å². The third-order valence-electron chi connectivity index (χ3n) is 2.39. The molecule has 0 aliphatic rings. The maximum absolute atomic E-state index is 12.7. The van der Waals surface area contributed by atoms with Crippen molar-refractivity contribution in [3.05, 3.63) is 65.5 Å². The van der Waals surface area contributed by atoms with Crippen molar-refractivity contribution >= 4 is 12.2 Å². The van der Waals surface area contributed by atoms with E-state index >= 15 is 0 Å². The minimum absolute atomic E-state index is 0.135. The molecule has 0 saturated carbocycles. The molecule has 2 rings (SSSR count). The Hall–Kier alpha value is -2.10. The molecule has 0 amide bonds. The van der Waals surface area contributed by atoms with Crippen molar-refractivity contribution < 1.29 is 13.2 Å². The number of alkyl halides is 3. The van der Waals surface area contributed by atoms with Gasteiger partial charge in [-0.15, -0.1) is 0 Å². The molecule has 0 saturated heterocycles. The first-order chi connectivity index (χ1) is 8.57. The first-order valence-electron chi connectivity index (χ1n) is 5.33. The van der Waals surface area contributed by atoms with Gasteiger partial charge in [0.1, 0.15) is 0 Å². The Labute approximate surface area is 103 Å². The molecule has 0 aliphatic carbocycles. The maximum atomic E-state index is 12.7. The van der Waals surface area contributed by atoms with Crippen LogP contribution in [0, 0.1) is 0 Å². The first kappa shape index (κ1) is 12.4. The van der Waals surface area contributed by atoms with Gasteiger partial charge in [0.25, 0.3) is 0 Å². The predicted octanol–water partition coefficient (Wildman–Crippen LogP) is 4.27. The summed E-state index contributed by atoms with van der Waals surface area (Å²) in [6.07, 6.45) is 0.232. The number of benzene rings is 1. The molecule has 0 atom stereocenters. The van der Waals surface area contributed by atoms with E-state index in [1.165, 1.54) is 18.2 Å². The normalized spacial score (nSPS) is 11.9. The van der Waals surface area contributed by atoms with Gasteiger partial charge in [-0.1, -0.05) is 30.3 Å². The van der Waals surface area contributed by atoms with Gasteiger partial charge in [-0.3, -0.25) is 4.98 Å². The summed E-state index contributed by atoms with van der Waals surface area (Å²) in [7, 11) is 0.